The summed E-state index contributed by atoms with van der Waals surface area (Å²) in [5.74, 6) is -3.56. The zero-order chi connectivity index (χ0) is 24.0. The van der Waals surface area contributed by atoms with Gasteiger partial charge in [0, 0.05) is 22.2 Å². The van der Waals surface area contributed by atoms with Crippen molar-refractivity contribution in [3.8, 4) is 0 Å². The number of β-amino-alcohol motifs (C(OH)–C–C–N with tert-alkyl or cyclic N) is 1. The van der Waals surface area contributed by atoms with Crippen LogP contribution in [0.15, 0.2) is 30.3 Å². The van der Waals surface area contributed by atoms with Crippen LogP contribution in [0.5, 0.6) is 0 Å². The van der Waals surface area contributed by atoms with Crippen LogP contribution in [0.1, 0.15) is 48.9 Å². The van der Waals surface area contributed by atoms with E-state index in [-0.39, 0.29) is 24.3 Å². The van der Waals surface area contributed by atoms with Crippen molar-refractivity contribution >= 4 is 39.9 Å². The number of aliphatic hydroxyl groups is 1. The number of carbonyl (C=O) groups is 1. The third-order valence-corrected chi connectivity index (χ3v) is 7.73. The Morgan fingerprint density at radius 3 is 2.38 bits per heavy atom. The number of rotatable bonds is 7. The molecule has 9 heteroatoms. The van der Waals surface area contributed by atoms with Gasteiger partial charge in [-0.25, -0.2) is 13.2 Å². The predicted octanol–water partition coefficient (Wildman–Crippen LogP) is 5.05. The number of hydrogen-bond donors (Lipinski definition) is 2. The van der Waals surface area contributed by atoms with Gasteiger partial charge in [0.15, 0.2) is 11.6 Å². The fourth-order valence-electron chi connectivity index (χ4n) is 5.19. The molecule has 0 spiro atoms. The molecule has 2 aromatic rings. The average molecular weight is 585 g/mol. The zero-order valence-electron chi connectivity index (χ0n) is 18.7. The van der Waals surface area contributed by atoms with E-state index in [0.717, 1.165) is 31.7 Å². The van der Waals surface area contributed by atoms with E-state index in [0.29, 0.717) is 22.2 Å². The molecule has 2 aromatic carbocycles. The van der Waals surface area contributed by atoms with Gasteiger partial charge in [-0.05, 0) is 78.6 Å². The summed E-state index contributed by atoms with van der Waals surface area (Å²) in [7, 11) is 0. The largest absolute Gasteiger partial charge is 0.385 e. The van der Waals surface area contributed by atoms with Gasteiger partial charge in [-0.15, -0.1) is 0 Å². The summed E-state index contributed by atoms with van der Waals surface area (Å²) in [5.41, 5.74) is -1.59. The molecule has 5 nitrogen and oxygen atoms in total. The van der Waals surface area contributed by atoms with Crippen LogP contribution < -0.4 is 5.32 Å². The van der Waals surface area contributed by atoms with Crippen molar-refractivity contribution in [2.45, 2.75) is 56.2 Å². The first-order valence-electron chi connectivity index (χ1n) is 11.7. The molecule has 1 saturated heterocycles. The van der Waals surface area contributed by atoms with Gasteiger partial charge in [-0.3, -0.25) is 9.69 Å². The molecule has 3 aliphatic rings. The van der Waals surface area contributed by atoms with Crippen LogP contribution in [-0.2, 0) is 0 Å². The van der Waals surface area contributed by atoms with Gasteiger partial charge in [-0.2, -0.15) is 0 Å². The number of amides is 1. The van der Waals surface area contributed by atoms with Crippen LogP contribution >= 0.6 is 22.6 Å². The topological polar surface area (TPSA) is 55.8 Å². The highest BCUT2D eigenvalue weighted by molar-refractivity contribution is 14.1. The van der Waals surface area contributed by atoms with Gasteiger partial charge in [0.25, 0.3) is 5.91 Å². The number of likely N-dealkylation sites (tertiary alicyclic amines) is 1. The SMILES string of the molecule is O=C(c1ccc(F)c(F)c1Nc1ccc(I)cc1F)N1CC(O)(CN(C2CCCC2)C2CC2)C1. The van der Waals surface area contributed by atoms with Crippen molar-refractivity contribution in [1.29, 1.82) is 0 Å². The predicted molar refractivity (Wildman–Crippen MR) is 132 cm³/mol. The molecule has 0 radical (unpaired) electrons. The van der Waals surface area contributed by atoms with Crippen molar-refractivity contribution in [3.05, 3.63) is 56.9 Å². The van der Waals surface area contributed by atoms with E-state index in [1.165, 1.54) is 35.9 Å². The summed E-state index contributed by atoms with van der Waals surface area (Å²) in [6.07, 6.45) is 7.01. The van der Waals surface area contributed by atoms with Gasteiger partial charge < -0.3 is 15.3 Å². The number of nitrogens with zero attached hydrogens (tertiary/aromatic N) is 2. The van der Waals surface area contributed by atoms with E-state index >= 15 is 0 Å². The third kappa shape index (κ3) is 4.79. The molecule has 0 atom stereocenters. The summed E-state index contributed by atoms with van der Waals surface area (Å²) in [6.45, 7) is 0.763. The molecule has 0 bridgehead atoms. The first kappa shape index (κ1) is 23.9. The van der Waals surface area contributed by atoms with Crippen LogP contribution in [0.3, 0.4) is 0 Å². The lowest BCUT2D eigenvalue weighted by Crippen LogP contribution is -2.68. The van der Waals surface area contributed by atoms with E-state index < -0.39 is 34.6 Å². The minimum Gasteiger partial charge on any atom is -0.385 e. The van der Waals surface area contributed by atoms with Crippen LogP contribution in [0.2, 0.25) is 0 Å². The van der Waals surface area contributed by atoms with Crippen LogP contribution in [0.4, 0.5) is 24.5 Å². The molecule has 2 N–H and O–H groups in total. The fraction of sp³-hybridized carbons (Fsp3) is 0.480. The lowest BCUT2D eigenvalue weighted by Gasteiger charge is -2.49. The maximum Gasteiger partial charge on any atom is 0.256 e. The Kier molecular flexibility index (Phi) is 6.54. The van der Waals surface area contributed by atoms with E-state index in [4.69, 9.17) is 0 Å². The van der Waals surface area contributed by atoms with Crippen molar-refractivity contribution in [2.75, 3.05) is 25.0 Å². The molecular formula is C25H27F3IN3O2. The molecule has 34 heavy (non-hydrogen) atoms. The van der Waals surface area contributed by atoms with Gasteiger partial charge in [-0.1, -0.05) is 12.8 Å². The molecule has 1 amide bonds. The normalized spacial score (nSPS) is 20.0. The highest BCUT2D eigenvalue weighted by Crippen LogP contribution is 2.38. The van der Waals surface area contributed by atoms with Gasteiger partial charge in [0.05, 0.1) is 30.0 Å². The molecule has 3 fully saturated rings. The molecule has 1 aliphatic heterocycles. The van der Waals surface area contributed by atoms with Crippen molar-refractivity contribution in [3.63, 3.8) is 0 Å². The summed E-state index contributed by atoms with van der Waals surface area (Å²) in [4.78, 5) is 17.0. The van der Waals surface area contributed by atoms with E-state index in [2.05, 4.69) is 10.2 Å². The van der Waals surface area contributed by atoms with Crippen molar-refractivity contribution < 1.29 is 23.1 Å². The van der Waals surface area contributed by atoms with Crippen molar-refractivity contribution in [2.24, 2.45) is 0 Å². The highest BCUT2D eigenvalue weighted by Gasteiger charge is 2.48. The van der Waals surface area contributed by atoms with Crippen LogP contribution in [0.25, 0.3) is 0 Å². The van der Waals surface area contributed by atoms with Gasteiger partial charge in [0.1, 0.15) is 11.4 Å². The Hall–Kier alpha value is -1.85. The van der Waals surface area contributed by atoms with E-state index in [1.54, 1.807) is 6.07 Å². The second-order valence-corrected chi connectivity index (χ2v) is 11.0. The molecule has 2 saturated carbocycles. The Balaban J connectivity index is 1.32. The summed E-state index contributed by atoms with van der Waals surface area (Å²) in [6, 6.07) is 7.38. The second kappa shape index (κ2) is 9.31. The number of halogens is 4. The maximum absolute atomic E-state index is 14.7. The van der Waals surface area contributed by atoms with E-state index in [9.17, 15) is 23.1 Å². The Bertz CT molecular complexity index is 1100. The smallest absolute Gasteiger partial charge is 0.256 e. The highest BCUT2D eigenvalue weighted by atomic mass is 127. The first-order chi connectivity index (χ1) is 16.2. The molecule has 0 aromatic heterocycles. The quantitative estimate of drug-likeness (QED) is 0.447. The standard InChI is InChI=1S/C25H27F3IN3O2/c26-19-9-8-18(23(22(19)28)30-21-10-5-15(29)11-20(21)27)24(33)31-12-25(34,13-31)14-32(17-6-7-17)16-3-1-2-4-16/h5,8-11,16-17,30,34H,1-4,6-7,12-14H2. The Morgan fingerprint density at radius 2 is 1.74 bits per heavy atom. The summed E-state index contributed by atoms with van der Waals surface area (Å²) < 4.78 is 43.7. The molecule has 0 unspecified atom stereocenters. The number of carbonyl (C=O) groups excluding carboxylic acids is 1. The average Bonchev–Trinajstić information content (AvgIpc) is 3.48. The molecule has 5 rings (SSSR count). The summed E-state index contributed by atoms with van der Waals surface area (Å²) >= 11 is 1.95. The van der Waals surface area contributed by atoms with Crippen LogP contribution in [-0.4, -0.2) is 58.1 Å². The lowest BCUT2D eigenvalue weighted by molar-refractivity contribution is -0.104. The van der Waals surface area contributed by atoms with E-state index in [1.807, 2.05) is 22.6 Å². The van der Waals surface area contributed by atoms with Gasteiger partial charge in [0.2, 0.25) is 0 Å². The fourth-order valence-corrected chi connectivity index (χ4v) is 5.65. The lowest BCUT2D eigenvalue weighted by atomic mass is 9.91. The Labute approximate surface area is 210 Å². The number of anilines is 2. The number of hydrogen-bond acceptors (Lipinski definition) is 4. The number of benzene rings is 2. The molecule has 1 heterocycles. The summed E-state index contributed by atoms with van der Waals surface area (Å²) in [5, 5.41) is 13.7. The monoisotopic (exact) mass is 585 g/mol. The maximum atomic E-state index is 14.7. The molecule has 2 aliphatic carbocycles. The minimum absolute atomic E-state index is 0.0595. The first-order valence-corrected chi connectivity index (χ1v) is 12.8. The van der Waals surface area contributed by atoms with Crippen molar-refractivity contribution in [1.82, 2.24) is 9.80 Å². The van der Waals surface area contributed by atoms with Crippen LogP contribution in [0, 0.1) is 21.0 Å². The molecular weight excluding hydrogens is 558 g/mol. The second-order valence-electron chi connectivity index (χ2n) is 9.76. The third-order valence-electron chi connectivity index (χ3n) is 7.06. The van der Waals surface area contributed by atoms with Gasteiger partial charge >= 0.3 is 0 Å². The molecule has 182 valence electrons. The zero-order valence-corrected chi connectivity index (χ0v) is 20.8. The Morgan fingerprint density at radius 1 is 1.06 bits per heavy atom. The minimum atomic E-state index is -1.25. The number of nitrogens with one attached hydrogen (secondary N) is 1.